The van der Waals surface area contributed by atoms with Crippen molar-refractivity contribution in [2.24, 2.45) is 0 Å². The van der Waals surface area contributed by atoms with Crippen LogP contribution in [0.15, 0.2) is 36.4 Å². The highest BCUT2D eigenvalue weighted by Crippen LogP contribution is 2.23. The summed E-state index contributed by atoms with van der Waals surface area (Å²) < 4.78 is 0. The van der Waals surface area contributed by atoms with Crippen molar-refractivity contribution in [2.75, 3.05) is 16.8 Å². The van der Waals surface area contributed by atoms with E-state index in [9.17, 15) is 9.59 Å². The van der Waals surface area contributed by atoms with Gasteiger partial charge in [0.1, 0.15) is 6.54 Å². The van der Waals surface area contributed by atoms with Crippen LogP contribution in [-0.2, 0) is 9.59 Å². The molecule has 24 heavy (non-hydrogen) atoms. The van der Waals surface area contributed by atoms with E-state index in [0.717, 1.165) is 22.4 Å². The first kappa shape index (κ1) is 18.0. The number of anilines is 2. The minimum atomic E-state index is -0.258. The predicted molar refractivity (Wildman–Crippen MR) is 98.8 cm³/mol. The van der Waals surface area contributed by atoms with Crippen LogP contribution in [0.2, 0.25) is 5.02 Å². The van der Waals surface area contributed by atoms with Gasteiger partial charge in [0.15, 0.2) is 0 Å². The molecule has 126 valence electrons. The molecule has 0 heterocycles. The molecule has 0 aliphatic heterocycles. The van der Waals surface area contributed by atoms with Crippen LogP contribution in [0, 0.1) is 20.8 Å². The number of nitrogens with one attached hydrogen (secondary N) is 1. The van der Waals surface area contributed by atoms with Gasteiger partial charge in [-0.3, -0.25) is 9.59 Å². The third-order valence-electron chi connectivity index (χ3n) is 3.65. The fourth-order valence-electron chi connectivity index (χ4n) is 2.53. The normalized spacial score (nSPS) is 10.4. The van der Waals surface area contributed by atoms with Crippen LogP contribution in [0.1, 0.15) is 23.6 Å². The van der Waals surface area contributed by atoms with Gasteiger partial charge in [-0.15, -0.1) is 0 Å². The summed E-state index contributed by atoms with van der Waals surface area (Å²) in [5.41, 5.74) is 4.39. The van der Waals surface area contributed by atoms with Gasteiger partial charge in [0, 0.05) is 23.3 Å². The zero-order chi connectivity index (χ0) is 17.9. The molecule has 4 nitrogen and oxygen atoms in total. The number of rotatable bonds is 4. The van der Waals surface area contributed by atoms with E-state index in [2.05, 4.69) is 5.32 Å². The van der Waals surface area contributed by atoms with Crippen LogP contribution in [0.4, 0.5) is 11.4 Å². The quantitative estimate of drug-likeness (QED) is 0.901. The second-order valence-corrected chi connectivity index (χ2v) is 6.37. The Balaban J connectivity index is 2.16. The third kappa shape index (κ3) is 4.59. The van der Waals surface area contributed by atoms with Gasteiger partial charge in [0.05, 0.1) is 0 Å². The highest BCUT2D eigenvalue weighted by Gasteiger charge is 2.17. The number of halogens is 1. The molecule has 0 bridgehead atoms. The van der Waals surface area contributed by atoms with Gasteiger partial charge in [-0.05, 0) is 61.7 Å². The van der Waals surface area contributed by atoms with E-state index in [-0.39, 0.29) is 18.4 Å². The Morgan fingerprint density at radius 3 is 2.21 bits per heavy atom. The maximum absolute atomic E-state index is 12.3. The topological polar surface area (TPSA) is 49.4 Å². The lowest BCUT2D eigenvalue weighted by molar-refractivity contribution is -0.120. The maximum Gasteiger partial charge on any atom is 0.244 e. The van der Waals surface area contributed by atoms with Gasteiger partial charge in [0.25, 0.3) is 0 Å². The molecule has 0 fully saturated rings. The molecule has 0 atom stereocenters. The van der Waals surface area contributed by atoms with E-state index in [1.54, 1.807) is 12.1 Å². The van der Waals surface area contributed by atoms with E-state index in [1.165, 1.54) is 11.8 Å². The molecule has 2 rings (SSSR count). The van der Waals surface area contributed by atoms with E-state index < -0.39 is 0 Å². The van der Waals surface area contributed by atoms with Crippen LogP contribution in [-0.4, -0.2) is 18.4 Å². The van der Waals surface area contributed by atoms with Crippen molar-refractivity contribution in [3.8, 4) is 0 Å². The number of hydrogen-bond donors (Lipinski definition) is 1. The molecule has 0 saturated carbocycles. The summed E-state index contributed by atoms with van der Waals surface area (Å²) in [6, 6.07) is 11.1. The Labute approximate surface area is 147 Å². The Hall–Kier alpha value is -2.33. The molecule has 2 aromatic rings. The van der Waals surface area contributed by atoms with Gasteiger partial charge in [-0.2, -0.15) is 0 Å². The van der Waals surface area contributed by atoms with Gasteiger partial charge < -0.3 is 10.2 Å². The number of carbonyl (C=O) groups is 2. The van der Waals surface area contributed by atoms with Crippen LogP contribution in [0.25, 0.3) is 0 Å². The molecule has 0 aliphatic carbocycles. The summed E-state index contributed by atoms with van der Waals surface area (Å²) in [6.45, 7) is 7.19. The summed E-state index contributed by atoms with van der Waals surface area (Å²) in [4.78, 5) is 25.7. The molecule has 0 aliphatic rings. The van der Waals surface area contributed by atoms with Crippen molar-refractivity contribution >= 4 is 34.8 Å². The first-order chi connectivity index (χ1) is 11.3. The van der Waals surface area contributed by atoms with Crippen molar-refractivity contribution in [3.63, 3.8) is 0 Å². The van der Waals surface area contributed by atoms with Gasteiger partial charge in [-0.25, -0.2) is 0 Å². The maximum atomic E-state index is 12.3. The van der Waals surface area contributed by atoms with Gasteiger partial charge >= 0.3 is 0 Å². The third-order valence-corrected chi connectivity index (χ3v) is 4.06. The fraction of sp³-hybridized carbons (Fsp3) is 0.263. The van der Waals surface area contributed by atoms with Crippen molar-refractivity contribution in [3.05, 3.63) is 58.1 Å². The number of aryl methyl sites for hydroxylation is 3. The molecule has 1 N–H and O–H groups in total. The van der Waals surface area contributed by atoms with E-state index >= 15 is 0 Å². The van der Waals surface area contributed by atoms with Crippen LogP contribution < -0.4 is 10.2 Å². The van der Waals surface area contributed by atoms with Gasteiger partial charge in [0.2, 0.25) is 11.8 Å². The Morgan fingerprint density at radius 2 is 1.67 bits per heavy atom. The minimum absolute atomic E-state index is 0.0677. The average Bonchev–Trinajstić information content (AvgIpc) is 2.46. The second kappa shape index (κ2) is 7.49. The highest BCUT2D eigenvalue weighted by molar-refractivity contribution is 6.31. The lowest BCUT2D eigenvalue weighted by Gasteiger charge is -2.21. The number of nitrogens with zero attached hydrogens (tertiary/aromatic N) is 1. The molecule has 0 radical (unpaired) electrons. The lowest BCUT2D eigenvalue weighted by atomic mass is 10.1. The predicted octanol–water partition coefficient (Wildman–Crippen LogP) is 4.26. The summed E-state index contributed by atoms with van der Waals surface area (Å²) in [6.07, 6.45) is 0. The first-order valence-corrected chi connectivity index (χ1v) is 8.06. The zero-order valence-corrected chi connectivity index (χ0v) is 15.1. The fourth-order valence-corrected chi connectivity index (χ4v) is 2.70. The number of carbonyl (C=O) groups excluding carboxylic acids is 2. The number of benzene rings is 2. The molecular formula is C19H21ClN2O2. The summed E-state index contributed by atoms with van der Waals surface area (Å²) in [5.74, 6) is -0.475. The van der Waals surface area contributed by atoms with Crippen molar-refractivity contribution in [1.29, 1.82) is 0 Å². The van der Waals surface area contributed by atoms with Crippen molar-refractivity contribution < 1.29 is 9.59 Å². The molecule has 0 spiro atoms. The Morgan fingerprint density at radius 1 is 1.04 bits per heavy atom. The summed E-state index contributed by atoms with van der Waals surface area (Å²) in [7, 11) is 0. The standard InChI is InChI=1S/C19H21ClN2O2/c1-12-7-13(2)9-16(8-12)21-19(24)11-22(15(4)23)17-6-5-14(3)18(20)10-17/h5-10H,11H2,1-4H3,(H,21,24). The SMILES string of the molecule is CC(=O)N(CC(=O)Nc1cc(C)cc(C)c1)c1ccc(C)c(Cl)c1. The summed E-state index contributed by atoms with van der Waals surface area (Å²) in [5, 5.41) is 3.40. The Kier molecular flexibility index (Phi) is 5.62. The van der Waals surface area contributed by atoms with E-state index in [1.807, 2.05) is 45.0 Å². The smallest absolute Gasteiger partial charge is 0.244 e. The molecule has 2 amide bonds. The molecule has 0 aromatic heterocycles. The second-order valence-electron chi connectivity index (χ2n) is 5.96. The van der Waals surface area contributed by atoms with Crippen LogP contribution >= 0.6 is 11.6 Å². The molecule has 2 aromatic carbocycles. The Bertz CT molecular complexity index is 767. The van der Waals surface area contributed by atoms with Crippen molar-refractivity contribution in [1.82, 2.24) is 0 Å². The number of hydrogen-bond acceptors (Lipinski definition) is 2. The van der Waals surface area contributed by atoms with E-state index in [4.69, 9.17) is 11.6 Å². The molecule has 0 saturated heterocycles. The highest BCUT2D eigenvalue weighted by atomic mass is 35.5. The largest absolute Gasteiger partial charge is 0.325 e. The van der Waals surface area contributed by atoms with Crippen LogP contribution in [0.3, 0.4) is 0 Å². The van der Waals surface area contributed by atoms with Gasteiger partial charge in [-0.1, -0.05) is 23.7 Å². The average molecular weight is 345 g/mol. The summed E-state index contributed by atoms with van der Waals surface area (Å²) >= 11 is 6.13. The van der Waals surface area contributed by atoms with Crippen molar-refractivity contribution in [2.45, 2.75) is 27.7 Å². The first-order valence-electron chi connectivity index (χ1n) is 7.68. The molecular weight excluding hydrogens is 324 g/mol. The monoisotopic (exact) mass is 344 g/mol. The zero-order valence-electron chi connectivity index (χ0n) is 14.3. The number of amides is 2. The van der Waals surface area contributed by atoms with E-state index in [0.29, 0.717) is 10.7 Å². The molecule has 5 heteroatoms. The lowest BCUT2D eigenvalue weighted by Crippen LogP contribution is -2.36. The minimum Gasteiger partial charge on any atom is -0.325 e. The van der Waals surface area contributed by atoms with Crippen LogP contribution in [0.5, 0.6) is 0 Å². The molecule has 0 unspecified atom stereocenters.